The van der Waals surface area contributed by atoms with E-state index < -0.39 is 0 Å². The van der Waals surface area contributed by atoms with E-state index in [-0.39, 0.29) is 17.5 Å². The topological polar surface area (TPSA) is 64.0 Å². The predicted molar refractivity (Wildman–Crippen MR) is 115 cm³/mol. The third-order valence-corrected chi connectivity index (χ3v) is 6.56. The summed E-state index contributed by atoms with van der Waals surface area (Å²) in [6, 6.07) is 6.18. The van der Waals surface area contributed by atoms with Gasteiger partial charge in [-0.25, -0.2) is 4.98 Å². The Kier molecular flexibility index (Phi) is 5.06. The SMILES string of the molecule is Cc1cc(C)cc(NC(=O)c2c(C)sc3c(=O)n(C4CCCCC4)cnc23)c1. The Hall–Kier alpha value is -2.47. The minimum Gasteiger partial charge on any atom is -0.322 e. The van der Waals surface area contributed by atoms with Crippen LogP contribution in [0.3, 0.4) is 0 Å². The summed E-state index contributed by atoms with van der Waals surface area (Å²) in [6.45, 7) is 5.89. The Bertz CT molecular complexity index is 1090. The maximum atomic E-state index is 13.1. The highest BCUT2D eigenvalue weighted by molar-refractivity contribution is 7.19. The highest BCUT2D eigenvalue weighted by Gasteiger charge is 2.23. The van der Waals surface area contributed by atoms with Gasteiger partial charge in [0.1, 0.15) is 10.2 Å². The molecule has 3 aromatic rings. The maximum Gasteiger partial charge on any atom is 0.271 e. The molecule has 5 nitrogen and oxygen atoms in total. The Morgan fingerprint density at radius 3 is 2.46 bits per heavy atom. The molecule has 1 aromatic carbocycles. The Morgan fingerprint density at radius 2 is 1.79 bits per heavy atom. The highest BCUT2D eigenvalue weighted by Crippen LogP contribution is 2.31. The van der Waals surface area contributed by atoms with Crippen molar-refractivity contribution < 1.29 is 4.79 Å². The lowest BCUT2D eigenvalue weighted by molar-refractivity contribution is 0.102. The molecule has 6 heteroatoms. The fourth-order valence-electron chi connectivity index (χ4n) is 4.22. The molecule has 0 radical (unpaired) electrons. The van der Waals surface area contributed by atoms with E-state index in [0.717, 1.165) is 47.4 Å². The van der Waals surface area contributed by atoms with E-state index in [1.807, 2.05) is 32.9 Å². The molecular formula is C22H25N3O2S. The number of benzene rings is 1. The molecule has 2 heterocycles. The van der Waals surface area contributed by atoms with Gasteiger partial charge in [0.25, 0.3) is 11.5 Å². The van der Waals surface area contributed by atoms with E-state index >= 15 is 0 Å². The molecule has 1 aliphatic carbocycles. The molecule has 1 N–H and O–H groups in total. The van der Waals surface area contributed by atoms with Crippen molar-refractivity contribution in [3.05, 3.63) is 56.4 Å². The number of thiophene rings is 1. The molecule has 1 saturated carbocycles. The molecule has 1 fully saturated rings. The second kappa shape index (κ2) is 7.51. The zero-order valence-corrected chi connectivity index (χ0v) is 17.4. The van der Waals surface area contributed by atoms with Gasteiger partial charge in [0.2, 0.25) is 0 Å². The highest BCUT2D eigenvalue weighted by atomic mass is 32.1. The van der Waals surface area contributed by atoms with Crippen molar-refractivity contribution in [1.29, 1.82) is 0 Å². The van der Waals surface area contributed by atoms with Gasteiger partial charge < -0.3 is 5.32 Å². The predicted octanol–water partition coefficient (Wildman–Crippen LogP) is 5.14. The van der Waals surface area contributed by atoms with Crippen molar-refractivity contribution in [2.75, 3.05) is 5.32 Å². The first kappa shape index (κ1) is 18.9. The number of hydrogen-bond acceptors (Lipinski definition) is 4. The van der Waals surface area contributed by atoms with E-state index in [9.17, 15) is 9.59 Å². The summed E-state index contributed by atoms with van der Waals surface area (Å²) >= 11 is 1.37. The van der Waals surface area contributed by atoms with Crippen LogP contribution in [0.4, 0.5) is 5.69 Å². The Labute approximate surface area is 168 Å². The van der Waals surface area contributed by atoms with Gasteiger partial charge in [0.05, 0.1) is 11.9 Å². The summed E-state index contributed by atoms with van der Waals surface area (Å²) in [4.78, 5) is 31.4. The lowest BCUT2D eigenvalue weighted by Gasteiger charge is -2.23. The molecule has 28 heavy (non-hydrogen) atoms. The van der Waals surface area contributed by atoms with Gasteiger partial charge in [-0.05, 0) is 56.9 Å². The van der Waals surface area contributed by atoms with Crippen molar-refractivity contribution >= 4 is 33.1 Å². The van der Waals surface area contributed by atoms with Gasteiger partial charge in [0, 0.05) is 16.6 Å². The third kappa shape index (κ3) is 3.49. The molecule has 0 bridgehead atoms. The van der Waals surface area contributed by atoms with Crippen LogP contribution in [-0.4, -0.2) is 15.5 Å². The van der Waals surface area contributed by atoms with Gasteiger partial charge in [-0.1, -0.05) is 25.3 Å². The monoisotopic (exact) mass is 395 g/mol. The number of anilines is 1. The Morgan fingerprint density at radius 1 is 1.11 bits per heavy atom. The maximum absolute atomic E-state index is 13.1. The first-order chi connectivity index (χ1) is 13.4. The average molecular weight is 396 g/mol. The first-order valence-corrected chi connectivity index (χ1v) is 10.7. The van der Waals surface area contributed by atoms with Crippen LogP contribution in [0.25, 0.3) is 10.2 Å². The van der Waals surface area contributed by atoms with Crippen LogP contribution in [0.5, 0.6) is 0 Å². The molecule has 0 atom stereocenters. The zero-order chi connectivity index (χ0) is 19.8. The molecular weight excluding hydrogens is 370 g/mol. The largest absolute Gasteiger partial charge is 0.322 e. The third-order valence-electron chi connectivity index (χ3n) is 5.47. The molecule has 1 amide bonds. The van der Waals surface area contributed by atoms with Crippen molar-refractivity contribution in [1.82, 2.24) is 9.55 Å². The van der Waals surface area contributed by atoms with Gasteiger partial charge in [-0.15, -0.1) is 11.3 Å². The number of nitrogens with one attached hydrogen (secondary N) is 1. The summed E-state index contributed by atoms with van der Waals surface area (Å²) in [7, 11) is 0. The van der Waals surface area contributed by atoms with Crippen LogP contribution in [0.2, 0.25) is 0 Å². The van der Waals surface area contributed by atoms with Gasteiger partial charge >= 0.3 is 0 Å². The van der Waals surface area contributed by atoms with Gasteiger partial charge in [-0.3, -0.25) is 14.2 Å². The lowest BCUT2D eigenvalue weighted by Crippen LogP contribution is -2.26. The molecule has 0 saturated heterocycles. The van der Waals surface area contributed by atoms with Crippen LogP contribution >= 0.6 is 11.3 Å². The molecule has 4 rings (SSSR count). The van der Waals surface area contributed by atoms with E-state index in [1.54, 1.807) is 10.9 Å². The zero-order valence-electron chi connectivity index (χ0n) is 16.5. The molecule has 0 spiro atoms. The number of rotatable bonds is 3. The number of amides is 1. The smallest absolute Gasteiger partial charge is 0.271 e. The van der Waals surface area contributed by atoms with E-state index in [0.29, 0.717) is 15.8 Å². The van der Waals surface area contributed by atoms with Crippen molar-refractivity contribution in [3.8, 4) is 0 Å². The normalized spacial score (nSPS) is 15.1. The minimum absolute atomic E-state index is 0.0181. The fourth-order valence-corrected chi connectivity index (χ4v) is 5.26. The number of carbonyl (C=O) groups excluding carboxylic acids is 1. The number of fused-ring (bicyclic) bond motifs is 1. The number of hydrogen-bond donors (Lipinski definition) is 1. The fraction of sp³-hybridized carbons (Fsp3) is 0.409. The summed E-state index contributed by atoms with van der Waals surface area (Å²) in [5.74, 6) is -0.212. The second-order valence-electron chi connectivity index (χ2n) is 7.79. The average Bonchev–Trinajstić information content (AvgIpc) is 2.99. The van der Waals surface area contributed by atoms with Crippen molar-refractivity contribution in [2.24, 2.45) is 0 Å². The molecule has 1 aliphatic rings. The number of aromatic nitrogens is 2. The van der Waals surface area contributed by atoms with Crippen LogP contribution in [0.15, 0.2) is 29.3 Å². The van der Waals surface area contributed by atoms with E-state index in [4.69, 9.17) is 0 Å². The van der Waals surface area contributed by atoms with Crippen LogP contribution in [-0.2, 0) is 0 Å². The summed E-state index contributed by atoms with van der Waals surface area (Å²) in [5, 5.41) is 2.98. The summed E-state index contributed by atoms with van der Waals surface area (Å²) in [5.41, 5.74) is 3.95. The van der Waals surface area contributed by atoms with E-state index in [1.165, 1.54) is 17.8 Å². The second-order valence-corrected chi connectivity index (χ2v) is 9.02. The molecule has 146 valence electrons. The number of aryl methyl sites for hydroxylation is 3. The van der Waals surface area contributed by atoms with Crippen LogP contribution in [0.1, 0.15) is 64.5 Å². The molecule has 0 aliphatic heterocycles. The summed E-state index contributed by atoms with van der Waals surface area (Å²) in [6.07, 6.45) is 7.24. The standard InChI is InChI=1S/C22H25N3O2S/c1-13-9-14(2)11-16(10-13)24-21(26)18-15(3)28-20-19(18)23-12-25(22(20)27)17-7-5-4-6-8-17/h9-12,17H,4-8H2,1-3H3,(H,24,26). The Balaban J connectivity index is 1.71. The summed E-state index contributed by atoms with van der Waals surface area (Å²) < 4.78 is 2.36. The van der Waals surface area contributed by atoms with Gasteiger partial charge in [0.15, 0.2) is 0 Å². The van der Waals surface area contributed by atoms with Crippen LogP contribution < -0.4 is 10.9 Å². The van der Waals surface area contributed by atoms with Crippen molar-refractivity contribution in [2.45, 2.75) is 58.9 Å². The van der Waals surface area contributed by atoms with Gasteiger partial charge in [-0.2, -0.15) is 0 Å². The first-order valence-electron chi connectivity index (χ1n) is 9.84. The van der Waals surface area contributed by atoms with E-state index in [2.05, 4.69) is 16.4 Å². The lowest BCUT2D eigenvalue weighted by atomic mass is 9.95. The van der Waals surface area contributed by atoms with Crippen LogP contribution in [0, 0.1) is 20.8 Å². The number of carbonyl (C=O) groups is 1. The molecule has 2 aromatic heterocycles. The number of nitrogens with zero attached hydrogens (tertiary/aromatic N) is 2. The quantitative estimate of drug-likeness (QED) is 0.668. The molecule has 0 unspecified atom stereocenters. The van der Waals surface area contributed by atoms with Crippen molar-refractivity contribution in [3.63, 3.8) is 0 Å². The minimum atomic E-state index is -0.212.